The van der Waals surface area contributed by atoms with Crippen molar-refractivity contribution in [3.05, 3.63) is 18.2 Å². The molecule has 0 radical (unpaired) electrons. The molecule has 2 aliphatic heterocycles. The van der Waals surface area contributed by atoms with Gasteiger partial charge in [0.05, 0.1) is 6.04 Å². The molecule has 3 N–H and O–H groups in total. The van der Waals surface area contributed by atoms with E-state index in [0.717, 1.165) is 30.6 Å². The topological polar surface area (TPSA) is 56.4 Å². The van der Waals surface area contributed by atoms with Crippen molar-refractivity contribution in [1.82, 2.24) is 0 Å². The maximum atomic E-state index is 12.8. The van der Waals surface area contributed by atoms with E-state index in [1.807, 2.05) is 25.1 Å². The first-order valence-corrected chi connectivity index (χ1v) is 10.6. The normalized spacial score (nSPS) is 27.0. The van der Waals surface area contributed by atoms with Crippen molar-refractivity contribution in [3.63, 3.8) is 0 Å². The lowest BCUT2D eigenvalue weighted by molar-refractivity contribution is -1.03. The van der Waals surface area contributed by atoms with E-state index in [1.54, 1.807) is 4.90 Å². The third-order valence-corrected chi connectivity index (χ3v) is 6.53. The van der Waals surface area contributed by atoms with Crippen LogP contribution in [0.1, 0.15) is 39.0 Å². The molecule has 27 heavy (non-hydrogen) atoms. The van der Waals surface area contributed by atoms with Gasteiger partial charge in [0.15, 0.2) is 17.5 Å². The smallest absolute Gasteiger partial charge is 0.282 e. The SMILES string of the molecule is C[C@@H](C(=O)Nc1ccc2c(c1)OCCO2)[NH+]1CC[NH+](C2CCCCC2)CC1. The number of ether oxygens (including phenoxy) is 2. The van der Waals surface area contributed by atoms with Crippen LogP contribution < -0.4 is 24.6 Å². The molecule has 1 amide bonds. The molecule has 1 atom stereocenters. The molecule has 3 aliphatic rings. The number of quaternary nitrogens is 2. The van der Waals surface area contributed by atoms with Gasteiger partial charge < -0.3 is 24.6 Å². The summed E-state index contributed by atoms with van der Waals surface area (Å²) in [7, 11) is 0. The van der Waals surface area contributed by atoms with Gasteiger partial charge in [-0.05, 0) is 44.7 Å². The average Bonchev–Trinajstić information content (AvgIpc) is 2.74. The molecule has 6 nitrogen and oxygen atoms in total. The monoisotopic (exact) mass is 375 g/mol. The van der Waals surface area contributed by atoms with Crippen molar-refractivity contribution in [1.29, 1.82) is 0 Å². The van der Waals surface area contributed by atoms with Crippen molar-refractivity contribution in [2.75, 3.05) is 44.7 Å². The number of rotatable bonds is 4. The molecular weight excluding hydrogens is 342 g/mol. The standard InChI is InChI=1S/C21H31N3O3/c1-16(23-9-11-24(12-10-23)18-5-3-2-4-6-18)21(25)22-17-7-8-19-20(15-17)27-14-13-26-19/h7-8,15-16,18H,2-6,9-14H2,1H3,(H,22,25)/p+2/t16-/m0/s1. The van der Waals surface area contributed by atoms with Gasteiger partial charge in [-0.3, -0.25) is 4.79 Å². The van der Waals surface area contributed by atoms with Gasteiger partial charge in [0.1, 0.15) is 39.4 Å². The van der Waals surface area contributed by atoms with Gasteiger partial charge in [0.2, 0.25) is 0 Å². The van der Waals surface area contributed by atoms with E-state index in [4.69, 9.17) is 9.47 Å². The number of anilines is 1. The summed E-state index contributed by atoms with van der Waals surface area (Å²) in [5.74, 6) is 1.55. The summed E-state index contributed by atoms with van der Waals surface area (Å²) in [6, 6.07) is 6.44. The van der Waals surface area contributed by atoms with E-state index in [0.29, 0.717) is 19.0 Å². The Kier molecular flexibility index (Phi) is 5.83. The number of hydrogen-bond donors (Lipinski definition) is 3. The molecule has 1 aliphatic carbocycles. The molecule has 2 heterocycles. The van der Waals surface area contributed by atoms with Gasteiger partial charge in [-0.15, -0.1) is 0 Å². The summed E-state index contributed by atoms with van der Waals surface area (Å²) in [6.07, 6.45) is 7.01. The summed E-state index contributed by atoms with van der Waals surface area (Å²) >= 11 is 0. The Balaban J connectivity index is 1.29. The number of piperazine rings is 1. The predicted molar refractivity (Wildman–Crippen MR) is 104 cm³/mol. The highest BCUT2D eigenvalue weighted by atomic mass is 16.6. The number of fused-ring (bicyclic) bond motifs is 1. The lowest BCUT2D eigenvalue weighted by atomic mass is 9.94. The number of benzene rings is 1. The Labute approximate surface area is 161 Å². The van der Waals surface area contributed by atoms with Crippen LogP contribution in [0.25, 0.3) is 0 Å². The highest BCUT2D eigenvalue weighted by molar-refractivity contribution is 5.93. The summed E-state index contributed by atoms with van der Waals surface area (Å²) in [5, 5.41) is 3.06. The maximum Gasteiger partial charge on any atom is 0.282 e. The van der Waals surface area contributed by atoms with Crippen LogP contribution >= 0.6 is 0 Å². The Morgan fingerprint density at radius 1 is 1.04 bits per heavy atom. The summed E-state index contributed by atoms with van der Waals surface area (Å²) in [4.78, 5) is 15.9. The summed E-state index contributed by atoms with van der Waals surface area (Å²) in [5.41, 5.74) is 0.780. The summed E-state index contributed by atoms with van der Waals surface area (Å²) in [6.45, 7) is 7.74. The zero-order chi connectivity index (χ0) is 18.6. The van der Waals surface area contributed by atoms with Gasteiger partial charge in [-0.25, -0.2) is 0 Å². The van der Waals surface area contributed by atoms with E-state index in [-0.39, 0.29) is 11.9 Å². The van der Waals surface area contributed by atoms with Crippen LogP contribution in [-0.2, 0) is 4.79 Å². The largest absolute Gasteiger partial charge is 0.486 e. The van der Waals surface area contributed by atoms with Gasteiger partial charge in [0, 0.05) is 11.8 Å². The number of carbonyl (C=O) groups excluding carboxylic acids is 1. The fraction of sp³-hybridized carbons (Fsp3) is 0.667. The number of carbonyl (C=O) groups is 1. The Hall–Kier alpha value is -1.79. The molecule has 0 spiro atoms. The molecule has 1 aromatic carbocycles. The Morgan fingerprint density at radius 2 is 1.74 bits per heavy atom. The number of amides is 1. The van der Waals surface area contributed by atoms with Crippen molar-refractivity contribution >= 4 is 11.6 Å². The second kappa shape index (κ2) is 8.48. The first-order chi connectivity index (χ1) is 13.2. The molecule has 0 bridgehead atoms. The Bertz CT molecular complexity index is 652. The van der Waals surface area contributed by atoms with E-state index in [9.17, 15) is 4.79 Å². The van der Waals surface area contributed by atoms with Crippen LogP contribution in [-0.4, -0.2) is 57.4 Å². The molecule has 4 rings (SSSR count). The van der Waals surface area contributed by atoms with Gasteiger partial charge >= 0.3 is 0 Å². The molecule has 6 heteroatoms. The van der Waals surface area contributed by atoms with Gasteiger partial charge in [-0.1, -0.05) is 6.42 Å². The highest BCUT2D eigenvalue weighted by Crippen LogP contribution is 2.32. The molecule has 1 saturated heterocycles. The first kappa shape index (κ1) is 18.6. The minimum atomic E-state index is -0.0360. The van der Waals surface area contributed by atoms with Crippen LogP contribution in [0.5, 0.6) is 11.5 Å². The van der Waals surface area contributed by atoms with Crippen molar-refractivity contribution in [2.45, 2.75) is 51.1 Å². The van der Waals surface area contributed by atoms with Crippen molar-refractivity contribution in [2.24, 2.45) is 0 Å². The van der Waals surface area contributed by atoms with Gasteiger partial charge in [0.25, 0.3) is 5.91 Å². The van der Waals surface area contributed by atoms with Gasteiger partial charge in [-0.2, -0.15) is 0 Å². The van der Waals surface area contributed by atoms with Crippen LogP contribution in [0.4, 0.5) is 5.69 Å². The van der Waals surface area contributed by atoms with Crippen molar-refractivity contribution in [3.8, 4) is 11.5 Å². The molecule has 0 unspecified atom stereocenters. The van der Waals surface area contributed by atoms with Crippen LogP contribution in [0.3, 0.4) is 0 Å². The average molecular weight is 376 g/mol. The maximum absolute atomic E-state index is 12.8. The highest BCUT2D eigenvalue weighted by Gasteiger charge is 2.34. The molecule has 1 saturated carbocycles. The number of hydrogen-bond acceptors (Lipinski definition) is 3. The van der Waals surface area contributed by atoms with E-state index in [1.165, 1.54) is 50.1 Å². The summed E-state index contributed by atoms with van der Waals surface area (Å²) < 4.78 is 11.1. The van der Waals surface area contributed by atoms with Crippen molar-refractivity contribution < 1.29 is 24.1 Å². The first-order valence-electron chi connectivity index (χ1n) is 10.6. The minimum absolute atomic E-state index is 0.0360. The second-order valence-corrected chi connectivity index (χ2v) is 8.22. The zero-order valence-corrected chi connectivity index (χ0v) is 16.4. The lowest BCUT2D eigenvalue weighted by Gasteiger charge is -2.37. The molecule has 148 valence electrons. The van der Waals surface area contributed by atoms with E-state index >= 15 is 0 Å². The fourth-order valence-electron chi connectivity index (χ4n) is 4.80. The molecule has 0 aromatic heterocycles. The molecular formula is C21H33N3O3+2. The third-order valence-electron chi connectivity index (χ3n) is 6.53. The molecule has 1 aromatic rings. The lowest BCUT2D eigenvalue weighted by Crippen LogP contribution is -3.31. The Morgan fingerprint density at radius 3 is 2.48 bits per heavy atom. The van der Waals surface area contributed by atoms with Crippen LogP contribution in [0, 0.1) is 0 Å². The zero-order valence-electron chi connectivity index (χ0n) is 16.4. The number of nitrogens with one attached hydrogen (secondary N) is 3. The van der Waals surface area contributed by atoms with E-state index in [2.05, 4.69) is 5.32 Å². The quantitative estimate of drug-likeness (QED) is 0.689. The minimum Gasteiger partial charge on any atom is -0.486 e. The predicted octanol–water partition coefficient (Wildman–Crippen LogP) is -0.0991. The molecule has 2 fully saturated rings. The van der Waals surface area contributed by atoms with Crippen LogP contribution in [0.2, 0.25) is 0 Å². The van der Waals surface area contributed by atoms with E-state index < -0.39 is 0 Å². The van der Waals surface area contributed by atoms with Crippen LogP contribution in [0.15, 0.2) is 18.2 Å². The fourth-order valence-corrected chi connectivity index (χ4v) is 4.80. The third kappa shape index (κ3) is 4.38. The second-order valence-electron chi connectivity index (χ2n) is 8.22.